The highest BCUT2D eigenvalue weighted by Crippen LogP contribution is 1.92. The monoisotopic (exact) mass is 522 g/mol. The molecule has 0 saturated heterocycles. The molecule has 12 nitrogen and oxygen atoms in total. The van der Waals surface area contributed by atoms with E-state index in [1.54, 1.807) is 0 Å². The van der Waals surface area contributed by atoms with Gasteiger partial charge in [-0.05, 0) is 0 Å². The van der Waals surface area contributed by atoms with Crippen LogP contribution in [0.25, 0.3) is 0 Å². The maximum atomic E-state index is 12.7. The average Bonchev–Trinajstić information content (AvgIpc) is 2.76. The van der Waals surface area contributed by atoms with Gasteiger partial charge in [0, 0.05) is 17.3 Å². The van der Waals surface area contributed by atoms with Crippen molar-refractivity contribution in [2.45, 2.75) is 38.9 Å². The highest BCUT2D eigenvalue weighted by Gasteiger charge is 2.17. The quantitative estimate of drug-likeness (QED) is 0.221. The van der Waals surface area contributed by atoms with E-state index in [4.69, 9.17) is 14.2 Å². The number of carbonyl (C=O) groups excluding carboxylic acids is 3. The first-order valence-corrected chi connectivity index (χ1v) is 11.7. The van der Waals surface area contributed by atoms with Crippen LogP contribution in [-0.4, -0.2) is 68.7 Å². The van der Waals surface area contributed by atoms with Crippen molar-refractivity contribution in [3.63, 3.8) is 0 Å². The Kier molecular flexibility index (Phi) is 13.7. The van der Waals surface area contributed by atoms with E-state index in [0.717, 1.165) is 0 Å². The van der Waals surface area contributed by atoms with Crippen molar-refractivity contribution < 1.29 is 28.6 Å². The molecule has 0 aliphatic heterocycles. The number of carbonyl (C=O) groups is 3. The van der Waals surface area contributed by atoms with Gasteiger partial charge in [0.05, 0.1) is 38.9 Å². The van der Waals surface area contributed by atoms with Gasteiger partial charge < -0.3 is 14.2 Å². The summed E-state index contributed by atoms with van der Waals surface area (Å²) in [5.74, 6) is -1.29. The Balaban J connectivity index is 3.13. The standard InChI is InChI=1S/C18H24N3O9S3/c22-13(1-10-31)28-7-4-19-16(25)20(5-8-29-14(23)2-11-32)18(27)21(17(19)26)6-9-30-15(24)3-12-33/h1-12H2. The average molecular weight is 523 g/mol. The van der Waals surface area contributed by atoms with E-state index >= 15 is 0 Å². The number of nitrogens with zero attached hydrogens (tertiary/aromatic N) is 3. The van der Waals surface area contributed by atoms with Crippen molar-refractivity contribution in [1.29, 1.82) is 0 Å². The Morgan fingerprint density at radius 1 is 0.545 bits per heavy atom. The molecule has 0 amide bonds. The summed E-state index contributed by atoms with van der Waals surface area (Å²) in [7, 11) is 0. The van der Waals surface area contributed by atoms with Gasteiger partial charge in [0.25, 0.3) is 0 Å². The van der Waals surface area contributed by atoms with Crippen molar-refractivity contribution in [1.82, 2.24) is 13.7 Å². The van der Waals surface area contributed by atoms with Crippen LogP contribution in [0.1, 0.15) is 19.3 Å². The highest BCUT2D eigenvalue weighted by atomic mass is 32.1. The number of esters is 3. The van der Waals surface area contributed by atoms with Crippen molar-refractivity contribution >= 4 is 55.8 Å². The second-order valence-corrected chi connectivity index (χ2v) is 7.55. The zero-order chi connectivity index (χ0) is 24.8. The Hall–Kier alpha value is -2.13. The molecule has 0 unspecified atom stereocenters. The second-order valence-electron chi connectivity index (χ2n) is 6.33. The van der Waals surface area contributed by atoms with Crippen LogP contribution in [0.3, 0.4) is 0 Å². The van der Waals surface area contributed by atoms with Gasteiger partial charge in [-0.15, -0.1) is 0 Å². The SMILES string of the molecule is O=C(CC[S])OCCn1c(=O)n(CCOC(=O)CC[S])c(=O)n(CCOC(=O)CC[S])c1=O. The summed E-state index contributed by atoms with van der Waals surface area (Å²) in [5.41, 5.74) is -2.91. The molecule has 3 radical (unpaired) electrons. The maximum absolute atomic E-state index is 12.7. The zero-order valence-corrected chi connectivity index (χ0v) is 20.2. The Morgan fingerprint density at radius 2 is 0.788 bits per heavy atom. The fourth-order valence-corrected chi connectivity index (χ4v) is 2.98. The van der Waals surface area contributed by atoms with Gasteiger partial charge in [-0.2, -0.15) is 0 Å². The van der Waals surface area contributed by atoms with Crippen molar-refractivity contribution in [3.05, 3.63) is 31.5 Å². The minimum absolute atomic E-state index is 0.000711. The van der Waals surface area contributed by atoms with Gasteiger partial charge in [0.15, 0.2) is 0 Å². The summed E-state index contributed by atoms with van der Waals surface area (Å²) < 4.78 is 16.9. The van der Waals surface area contributed by atoms with Crippen LogP contribution in [-0.2, 0) is 48.2 Å². The fourth-order valence-electron chi connectivity index (χ4n) is 2.48. The third-order valence-corrected chi connectivity index (χ3v) is 4.65. The molecule has 0 N–H and O–H groups in total. The van der Waals surface area contributed by atoms with E-state index in [9.17, 15) is 28.8 Å². The van der Waals surface area contributed by atoms with Crippen LogP contribution in [0.15, 0.2) is 14.4 Å². The predicted octanol–water partition coefficient (Wildman–Crippen LogP) is -0.436. The lowest BCUT2D eigenvalue weighted by Gasteiger charge is -2.14. The summed E-state index contributed by atoms with van der Waals surface area (Å²) in [4.78, 5) is 72.6. The predicted molar refractivity (Wildman–Crippen MR) is 123 cm³/mol. The minimum Gasteiger partial charge on any atom is -0.464 e. The Bertz CT molecular complexity index is 833. The van der Waals surface area contributed by atoms with E-state index in [1.165, 1.54) is 0 Å². The number of aromatic nitrogens is 3. The largest absolute Gasteiger partial charge is 0.464 e. The lowest BCUT2D eigenvalue weighted by atomic mass is 10.5. The smallest absolute Gasteiger partial charge is 0.336 e. The number of hydrogen-bond donors (Lipinski definition) is 0. The molecular weight excluding hydrogens is 498 g/mol. The molecule has 0 aliphatic carbocycles. The van der Waals surface area contributed by atoms with Crippen LogP contribution < -0.4 is 17.1 Å². The van der Waals surface area contributed by atoms with Gasteiger partial charge in [-0.1, -0.05) is 37.9 Å². The van der Waals surface area contributed by atoms with E-state index < -0.39 is 35.0 Å². The molecule has 15 heteroatoms. The molecule has 33 heavy (non-hydrogen) atoms. The lowest BCUT2D eigenvalue weighted by Crippen LogP contribution is -2.55. The molecule has 0 bridgehead atoms. The van der Waals surface area contributed by atoms with Crippen LogP contribution in [0, 0.1) is 0 Å². The molecule has 1 aromatic heterocycles. The molecule has 0 atom stereocenters. The summed E-state index contributed by atoms with van der Waals surface area (Å²) in [6.45, 7) is -1.89. The Morgan fingerprint density at radius 3 is 1.00 bits per heavy atom. The summed E-state index contributed by atoms with van der Waals surface area (Å²) >= 11 is 14.0. The van der Waals surface area contributed by atoms with Crippen LogP contribution >= 0.6 is 37.9 Å². The first-order valence-electron chi connectivity index (χ1n) is 9.92. The van der Waals surface area contributed by atoms with Gasteiger partial charge in [0.1, 0.15) is 19.8 Å². The molecule has 183 valence electrons. The molecule has 0 spiro atoms. The van der Waals surface area contributed by atoms with Crippen LogP contribution in [0.4, 0.5) is 0 Å². The van der Waals surface area contributed by atoms with Crippen LogP contribution in [0.2, 0.25) is 0 Å². The van der Waals surface area contributed by atoms with Gasteiger partial charge >= 0.3 is 35.0 Å². The third kappa shape index (κ3) is 9.71. The molecule has 1 rings (SSSR count). The Labute approximate surface area is 205 Å². The molecule has 0 aromatic carbocycles. The summed E-state index contributed by atoms with van der Waals surface area (Å²) in [6.07, 6.45) is -0.00213. The molecule has 1 aromatic rings. The fraction of sp³-hybridized carbons (Fsp3) is 0.667. The van der Waals surface area contributed by atoms with Crippen molar-refractivity contribution in [3.8, 4) is 0 Å². The van der Waals surface area contributed by atoms with Gasteiger partial charge in [-0.3, -0.25) is 14.4 Å². The van der Waals surface area contributed by atoms with E-state index in [-0.39, 0.29) is 76.0 Å². The summed E-state index contributed by atoms with van der Waals surface area (Å²) in [6, 6.07) is 0. The highest BCUT2D eigenvalue weighted by molar-refractivity contribution is 7.80. The molecule has 0 fully saturated rings. The number of hydrogen-bond acceptors (Lipinski definition) is 9. The van der Waals surface area contributed by atoms with E-state index in [2.05, 4.69) is 37.9 Å². The summed E-state index contributed by atoms with van der Waals surface area (Å²) in [5, 5.41) is 0. The lowest BCUT2D eigenvalue weighted by molar-refractivity contribution is -0.144. The number of rotatable bonds is 15. The van der Waals surface area contributed by atoms with Gasteiger partial charge in [0.2, 0.25) is 0 Å². The van der Waals surface area contributed by atoms with E-state index in [1.807, 2.05) is 0 Å². The topological polar surface area (TPSA) is 145 Å². The van der Waals surface area contributed by atoms with Crippen molar-refractivity contribution in [2.24, 2.45) is 0 Å². The molecular formula is C18H24N3O9S3. The first kappa shape index (κ1) is 28.9. The minimum atomic E-state index is -0.969. The zero-order valence-electron chi connectivity index (χ0n) is 17.7. The maximum Gasteiger partial charge on any atom is 0.336 e. The molecule has 1 heterocycles. The normalized spacial score (nSPS) is 10.6. The second kappa shape index (κ2) is 15.7. The van der Waals surface area contributed by atoms with Crippen molar-refractivity contribution in [2.75, 3.05) is 37.1 Å². The molecule has 0 aliphatic rings. The van der Waals surface area contributed by atoms with Crippen LogP contribution in [0.5, 0.6) is 0 Å². The third-order valence-electron chi connectivity index (χ3n) is 4.04. The first-order chi connectivity index (χ1) is 15.8. The molecule has 0 saturated carbocycles. The van der Waals surface area contributed by atoms with E-state index in [0.29, 0.717) is 13.7 Å². The van der Waals surface area contributed by atoms with Gasteiger partial charge in [-0.25, -0.2) is 28.1 Å². The number of ether oxygens (including phenoxy) is 3.